The Labute approximate surface area is 96.4 Å². The van der Waals surface area contributed by atoms with Gasteiger partial charge in [-0.2, -0.15) is 0 Å². The lowest BCUT2D eigenvalue weighted by Crippen LogP contribution is -2.32. The van der Waals surface area contributed by atoms with Gasteiger partial charge < -0.3 is 16.2 Å². The third-order valence-electron chi connectivity index (χ3n) is 2.23. The first-order valence-corrected chi connectivity index (χ1v) is 5.64. The van der Waals surface area contributed by atoms with Gasteiger partial charge in [0.25, 0.3) is 0 Å². The fourth-order valence-corrected chi connectivity index (χ4v) is 1.63. The number of amides is 1. The third kappa shape index (κ3) is 8.23. The molecule has 94 valence electrons. The van der Waals surface area contributed by atoms with Gasteiger partial charge in [-0.3, -0.25) is 9.59 Å². The predicted molar refractivity (Wildman–Crippen MR) is 61.9 cm³/mol. The normalized spacial score (nSPS) is 12.5. The second-order valence-electron chi connectivity index (χ2n) is 4.44. The Bertz CT molecular complexity index is 229. The van der Waals surface area contributed by atoms with Crippen LogP contribution in [0.25, 0.3) is 0 Å². The largest absolute Gasteiger partial charge is 0.481 e. The monoisotopic (exact) mass is 230 g/mol. The molecule has 1 atom stereocenters. The summed E-state index contributed by atoms with van der Waals surface area (Å²) >= 11 is 0. The molecule has 4 N–H and O–H groups in total. The number of nitrogens with two attached hydrogens (primary N) is 1. The van der Waals surface area contributed by atoms with Crippen LogP contribution in [0.1, 0.15) is 33.1 Å². The lowest BCUT2D eigenvalue weighted by molar-refractivity contribution is -0.138. The van der Waals surface area contributed by atoms with Crippen molar-refractivity contribution in [1.29, 1.82) is 0 Å². The van der Waals surface area contributed by atoms with Crippen LogP contribution >= 0.6 is 0 Å². The summed E-state index contributed by atoms with van der Waals surface area (Å²) in [6, 6.07) is 0. The van der Waals surface area contributed by atoms with Crippen molar-refractivity contribution >= 4 is 11.9 Å². The number of nitrogens with one attached hydrogen (secondary N) is 1. The number of hydrogen-bond donors (Lipinski definition) is 3. The van der Waals surface area contributed by atoms with Gasteiger partial charge in [0.2, 0.25) is 5.91 Å². The van der Waals surface area contributed by atoms with Crippen LogP contribution in [-0.2, 0) is 9.59 Å². The molecule has 0 saturated carbocycles. The molecule has 0 aliphatic rings. The molecule has 5 nitrogen and oxygen atoms in total. The Morgan fingerprint density at radius 3 is 2.44 bits per heavy atom. The van der Waals surface area contributed by atoms with Gasteiger partial charge in [-0.05, 0) is 18.3 Å². The van der Waals surface area contributed by atoms with Gasteiger partial charge in [0.15, 0.2) is 0 Å². The fourth-order valence-electron chi connectivity index (χ4n) is 1.63. The van der Waals surface area contributed by atoms with Crippen molar-refractivity contribution in [3.8, 4) is 0 Å². The maximum atomic E-state index is 11.2. The molecule has 0 rings (SSSR count). The van der Waals surface area contributed by atoms with E-state index in [1.807, 2.05) is 13.8 Å². The molecule has 5 heteroatoms. The topological polar surface area (TPSA) is 92.4 Å². The molecule has 0 heterocycles. The van der Waals surface area contributed by atoms with Gasteiger partial charge in [-0.25, -0.2) is 0 Å². The van der Waals surface area contributed by atoms with Crippen molar-refractivity contribution in [2.45, 2.75) is 33.1 Å². The smallest absolute Gasteiger partial charge is 0.303 e. The SMILES string of the molecule is CC(C)CC(CNC(=O)CCN)CC(=O)O. The van der Waals surface area contributed by atoms with E-state index in [0.29, 0.717) is 25.4 Å². The standard InChI is InChI=1S/C11H22N2O3/c1-8(2)5-9(6-11(15)16)7-13-10(14)3-4-12/h8-9H,3-7,12H2,1-2H3,(H,13,14)(H,15,16). The third-order valence-corrected chi connectivity index (χ3v) is 2.23. The van der Waals surface area contributed by atoms with Gasteiger partial charge >= 0.3 is 5.97 Å². The molecular formula is C11H22N2O3. The highest BCUT2D eigenvalue weighted by Crippen LogP contribution is 2.14. The van der Waals surface area contributed by atoms with E-state index in [4.69, 9.17) is 10.8 Å². The first-order valence-electron chi connectivity index (χ1n) is 5.64. The lowest BCUT2D eigenvalue weighted by atomic mass is 9.94. The molecule has 0 spiro atoms. The van der Waals surface area contributed by atoms with Crippen LogP contribution in [0.3, 0.4) is 0 Å². The first-order chi connectivity index (χ1) is 7.45. The van der Waals surface area contributed by atoms with Crippen molar-refractivity contribution in [3.63, 3.8) is 0 Å². The Hall–Kier alpha value is -1.10. The van der Waals surface area contributed by atoms with Crippen LogP contribution in [-0.4, -0.2) is 30.1 Å². The molecule has 0 bridgehead atoms. The molecule has 0 aliphatic carbocycles. The van der Waals surface area contributed by atoms with Crippen LogP contribution < -0.4 is 11.1 Å². The number of aliphatic carboxylic acids is 1. The number of carbonyl (C=O) groups is 2. The number of carboxylic acid groups (broad SMARTS) is 1. The molecule has 0 aromatic carbocycles. The van der Waals surface area contributed by atoms with Crippen molar-refractivity contribution in [3.05, 3.63) is 0 Å². The van der Waals surface area contributed by atoms with E-state index in [9.17, 15) is 9.59 Å². The molecule has 0 radical (unpaired) electrons. The summed E-state index contributed by atoms with van der Waals surface area (Å²) in [5, 5.41) is 11.4. The number of carboxylic acids is 1. The first kappa shape index (κ1) is 14.9. The highest BCUT2D eigenvalue weighted by molar-refractivity contribution is 5.76. The van der Waals surface area contributed by atoms with E-state index < -0.39 is 5.97 Å². The molecule has 1 unspecified atom stereocenters. The Balaban J connectivity index is 4.00. The highest BCUT2D eigenvalue weighted by Gasteiger charge is 2.15. The zero-order valence-electron chi connectivity index (χ0n) is 10.0. The summed E-state index contributed by atoms with van der Waals surface area (Å²) in [5.41, 5.74) is 5.24. The van der Waals surface area contributed by atoms with Crippen LogP contribution in [0.4, 0.5) is 0 Å². The maximum absolute atomic E-state index is 11.2. The van der Waals surface area contributed by atoms with Crippen molar-refractivity contribution in [2.24, 2.45) is 17.6 Å². The minimum absolute atomic E-state index is 0.000718. The summed E-state index contributed by atoms with van der Waals surface area (Å²) in [6.45, 7) is 4.82. The van der Waals surface area contributed by atoms with Crippen molar-refractivity contribution in [1.82, 2.24) is 5.32 Å². The van der Waals surface area contributed by atoms with Gasteiger partial charge in [-0.1, -0.05) is 13.8 Å². The van der Waals surface area contributed by atoms with Gasteiger partial charge in [0, 0.05) is 25.9 Å². The number of carbonyl (C=O) groups excluding carboxylic acids is 1. The van der Waals surface area contributed by atoms with E-state index in [1.54, 1.807) is 0 Å². The molecule has 0 aromatic heterocycles. The van der Waals surface area contributed by atoms with Crippen LogP contribution in [0, 0.1) is 11.8 Å². The minimum Gasteiger partial charge on any atom is -0.481 e. The summed E-state index contributed by atoms with van der Waals surface area (Å²) in [4.78, 5) is 21.8. The van der Waals surface area contributed by atoms with E-state index in [-0.39, 0.29) is 18.2 Å². The Kier molecular flexibility index (Phi) is 7.54. The summed E-state index contributed by atoms with van der Waals surface area (Å²) in [5.74, 6) is -0.504. The molecular weight excluding hydrogens is 208 g/mol. The maximum Gasteiger partial charge on any atom is 0.303 e. The van der Waals surface area contributed by atoms with Gasteiger partial charge in [0.1, 0.15) is 0 Å². The molecule has 1 amide bonds. The van der Waals surface area contributed by atoms with Crippen LogP contribution in [0.15, 0.2) is 0 Å². The molecule has 16 heavy (non-hydrogen) atoms. The Morgan fingerprint density at radius 1 is 1.38 bits per heavy atom. The number of rotatable bonds is 8. The average molecular weight is 230 g/mol. The zero-order valence-corrected chi connectivity index (χ0v) is 10.0. The lowest BCUT2D eigenvalue weighted by Gasteiger charge is -2.17. The highest BCUT2D eigenvalue weighted by atomic mass is 16.4. The summed E-state index contributed by atoms with van der Waals surface area (Å²) in [6.07, 6.45) is 1.19. The minimum atomic E-state index is -0.821. The van der Waals surface area contributed by atoms with Crippen LogP contribution in [0.5, 0.6) is 0 Å². The van der Waals surface area contributed by atoms with E-state index in [1.165, 1.54) is 0 Å². The van der Waals surface area contributed by atoms with Crippen LogP contribution in [0.2, 0.25) is 0 Å². The van der Waals surface area contributed by atoms with Gasteiger partial charge in [0.05, 0.1) is 0 Å². The Morgan fingerprint density at radius 2 is 2.00 bits per heavy atom. The van der Waals surface area contributed by atoms with Crippen molar-refractivity contribution in [2.75, 3.05) is 13.1 Å². The second-order valence-corrected chi connectivity index (χ2v) is 4.44. The summed E-state index contributed by atoms with van der Waals surface area (Å²) < 4.78 is 0. The van der Waals surface area contributed by atoms with E-state index in [2.05, 4.69) is 5.32 Å². The predicted octanol–water partition coefficient (Wildman–Crippen LogP) is 0.588. The van der Waals surface area contributed by atoms with Gasteiger partial charge in [-0.15, -0.1) is 0 Å². The zero-order chi connectivity index (χ0) is 12.6. The molecule has 0 aliphatic heterocycles. The molecule has 0 saturated heterocycles. The number of hydrogen-bond acceptors (Lipinski definition) is 3. The van der Waals surface area contributed by atoms with E-state index >= 15 is 0 Å². The molecule has 0 fully saturated rings. The summed E-state index contributed by atoms with van der Waals surface area (Å²) in [7, 11) is 0. The fraction of sp³-hybridized carbons (Fsp3) is 0.818. The molecule has 0 aromatic rings. The second kappa shape index (κ2) is 8.10. The van der Waals surface area contributed by atoms with E-state index in [0.717, 1.165) is 6.42 Å². The quantitative estimate of drug-likeness (QED) is 0.569. The average Bonchev–Trinajstić information content (AvgIpc) is 2.13. The van der Waals surface area contributed by atoms with Crippen molar-refractivity contribution < 1.29 is 14.7 Å².